The van der Waals surface area contributed by atoms with Crippen molar-refractivity contribution in [3.05, 3.63) is 47.1 Å². The molecule has 2 heterocycles. The van der Waals surface area contributed by atoms with Crippen LogP contribution in [0.15, 0.2) is 28.8 Å². The van der Waals surface area contributed by atoms with Crippen molar-refractivity contribution in [1.82, 2.24) is 15.0 Å². The molecule has 1 atom stereocenters. The predicted octanol–water partition coefficient (Wildman–Crippen LogP) is 2.91. The van der Waals surface area contributed by atoms with Gasteiger partial charge in [-0.25, -0.2) is 0 Å². The van der Waals surface area contributed by atoms with Crippen molar-refractivity contribution in [2.45, 2.75) is 38.5 Å². The largest absolute Gasteiger partial charge is 0.339 e. The van der Waals surface area contributed by atoms with Crippen LogP contribution in [0.5, 0.6) is 0 Å². The molecule has 24 heavy (non-hydrogen) atoms. The summed E-state index contributed by atoms with van der Waals surface area (Å²) < 4.78 is 5.39. The number of amides is 1. The lowest BCUT2D eigenvalue weighted by Gasteiger charge is -2.31. The van der Waals surface area contributed by atoms with Crippen molar-refractivity contribution >= 4 is 5.91 Å². The van der Waals surface area contributed by atoms with Crippen molar-refractivity contribution in [2.24, 2.45) is 0 Å². The molecule has 3 rings (SSSR count). The van der Waals surface area contributed by atoms with Gasteiger partial charge in [0.2, 0.25) is 5.89 Å². The molecule has 1 aromatic heterocycles. The van der Waals surface area contributed by atoms with Gasteiger partial charge in [0, 0.05) is 25.1 Å². The Hall–Kier alpha value is -2.68. The maximum atomic E-state index is 12.7. The molecular weight excluding hydrogens is 304 g/mol. The van der Waals surface area contributed by atoms with Crippen LogP contribution in [0.25, 0.3) is 0 Å². The monoisotopic (exact) mass is 324 g/mol. The first kappa shape index (κ1) is 16.2. The van der Waals surface area contributed by atoms with E-state index in [-0.39, 0.29) is 11.8 Å². The highest BCUT2D eigenvalue weighted by molar-refractivity contribution is 5.94. The normalized spacial score (nSPS) is 17.5. The van der Waals surface area contributed by atoms with Gasteiger partial charge in [-0.2, -0.15) is 10.2 Å². The fourth-order valence-corrected chi connectivity index (χ4v) is 2.99. The van der Waals surface area contributed by atoms with Crippen molar-refractivity contribution in [3.8, 4) is 6.07 Å². The molecule has 6 heteroatoms. The molecule has 0 saturated carbocycles. The lowest BCUT2D eigenvalue weighted by molar-refractivity contribution is 0.0695. The summed E-state index contributed by atoms with van der Waals surface area (Å²) in [4.78, 5) is 19.0. The Morgan fingerprint density at radius 1 is 1.42 bits per heavy atom. The number of aromatic nitrogens is 2. The van der Waals surface area contributed by atoms with Crippen molar-refractivity contribution < 1.29 is 9.32 Å². The summed E-state index contributed by atoms with van der Waals surface area (Å²) in [6.07, 6.45) is 3.65. The highest BCUT2D eigenvalue weighted by atomic mass is 16.5. The van der Waals surface area contributed by atoms with E-state index in [2.05, 4.69) is 23.1 Å². The van der Waals surface area contributed by atoms with E-state index >= 15 is 0 Å². The predicted molar refractivity (Wildman–Crippen MR) is 87.3 cm³/mol. The van der Waals surface area contributed by atoms with Gasteiger partial charge in [-0.05, 0) is 43.5 Å². The minimum Gasteiger partial charge on any atom is -0.339 e. The van der Waals surface area contributed by atoms with Crippen LogP contribution in [0.1, 0.15) is 59.7 Å². The molecule has 0 N–H and O–H groups in total. The number of carbonyl (C=O) groups excluding carboxylic acids is 1. The van der Waals surface area contributed by atoms with Gasteiger partial charge < -0.3 is 9.42 Å². The average Bonchev–Trinajstić information content (AvgIpc) is 3.10. The number of nitriles is 1. The molecule has 6 nitrogen and oxygen atoms in total. The zero-order valence-corrected chi connectivity index (χ0v) is 13.7. The van der Waals surface area contributed by atoms with Gasteiger partial charge in [0.05, 0.1) is 17.6 Å². The Balaban J connectivity index is 1.69. The van der Waals surface area contributed by atoms with Crippen LogP contribution in [0.4, 0.5) is 0 Å². The van der Waals surface area contributed by atoms with E-state index in [1.54, 1.807) is 24.3 Å². The van der Waals surface area contributed by atoms with E-state index in [4.69, 9.17) is 9.78 Å². The molecule has 124 valence electrons. The first-order valence-electron chi connectivity index (χ1n) is 8.33. The molecular formula is C18H20N4O2. The number of rotatable bonds is 4. The third kappa shape index (κ3) is 3.46. The Labute approximate surface area is 141 Å². The molecule has 1 aliphatic heterocycles. The molecule has 1 saturated heterocycles. The number of hydrogen-bond acceptors (Lipinski definition) is 5. The van der Waals surface area contributed by atoms with Gasteiger partial charge in [-0.3, -0.25) is 4.79 Å². The summed E-state index contributed by atoms with van der Waals surface area (Å²) in [5, 5.41) is 12.9. The highest BCUT2D eigenvalue weighted by Gasteiger charge is 2.29. The summed E-state index contributed by atoms with van der Waals surface area (Å²) in [7, 11) is 0. The maximum Gasteiger partial charge on any atom is 0.253 e. The highest BCUT2D eigenvalue weighted by Crippen LogP contribution is 2.26. The molecule has 1 fully saturated rings. The number of aryl methyl sites for hydroxylation is 1. The lowest BCUT2D eigenvalue weighted by atomic mass is 9.97. The lowest BCUT2D eigenvalue weighted by Crippen LogP contribution is -2.39. The van der Waals surface area contributed by atoms with Gasteiger partial charge in [0.1, 0.15) is 0 Å². The summed E-state index contributed by atoms with van der Waals surface area (Å²) in [5.74, 6) is 1.45. The summed E-state index contributed by atoms with van der Waals surface area (Å²) in [6, 6.07) is 8.81. The van der Waals surface area contributed by atoms with Gasteiger partial charge in [-0.15, -0.1) is 0 Å². The minimum atomic E-state index is -0.0162. The van der Waals surface area contributed by atoms with E-state index in [0.29, 0.717) is 23.6 Å². The molecule has 2 aromatic rings. The number of carbonyl (C=O) groups is 1. The minimum absolute atomic E-state index is 0.0162. The van der Waals surface area contributed by atoms with Crippen LogP contribution >= 0.6 is 0 Å². The van der Waals surface area contributed by atoms with Gasteiger partial charge in [-0.1, -0.05) is 12.1 Å². The molecule has 0 unspecified atom stereocenters. The van der Waals surface area contributed by atoms with E-state index in [9.17, 15) is 4.79 Å². The zero-order valence-electron chi connectivity index (χ0n) is 13.7. The molecule has 1 aromatic carbocycles. The second-order valence-electron chi connectivity index (χ2n) is 6.08. The molecule has 0 spiro atoms. The quantitative estimate of drug-likeness (QED) is 0.863. The Morgan fingerprint density at radius 2 is 2.21 bits per heavy atom. The van der Waals surface area contributed by atoms with Crippen LogP contribution in [-0.2, 0) is 6.42 Å². The van der Waals surface area contributed by atoms with Crippen molar-refractivity contribution in [2.75, 3.05) is 13.1 Å². The van der Waals surface area contributed by atoms with E-state index in [1.165, 1.54) is 0 Å². The number of likely N-dealkylation sites (tertiary alicyclic amines) is 1. The zero-order chi connectivity index (χ0) is 16.9. The second kappa shape index (κ2) is 7.26. The average molecular weight is 324 g/mol. The van der Waals surface area contributed by atoms with Gasteiger partial charge >= 0.3 is 0 Å². The molecule has 1 amide bonds. The van der Waals surface area contributed by atoms with Gasteiger partial charge in [0.15, 0.2) is 5.82 Å². The Kier molecular flexibility index (Phi) is 4.90. The molecule has 0 aliphatic carbocycles. The van der Waals surface area contributed by atoms with Crippen LogP contribution in [0, 0.1) is 11.3 Å². The number of nitrogens with zero attached hydrogens (tertiary/aromatic N) is 4. The van der Waals surface area contributed by atoms with Crippen LogP contribution in [0.3, 0.4) is 0 Å². The topological polar surface area (TPSA) is 83.0 Å². The third-order valence-electron chi connectivity index (χ3n) is 4.28. The summed E-state index contributed by atoms with van der Waals surface area (Å²) in [5.41, 5.74) is 1.16. The van der Waals surface area contributed by atoms with Crippen molar-refractivity contribution in [3.63, 3.8) is 0 Å². The first-order chi connectivity index (χ1) is 11.7. The van der Waals surface area contributed by atoms with Crippen molar-refractivity contribution in [1.29, 1.82) is 5.26 Å². The first-order valence-corrected chi connectivity index (χ1v) is 8.33. The Bertz CT molecular complexity index is 745. The van der Waals surface area contributed by atoms with Crippen LogP contribution in [0.2, 0.25) is 0 Å². The second-order valence-corrected chi connectivity index (χ2v) is 6.08. The smallest absolute Gasteiger partial charge is 0.253 e. The number of benzene rings is 1. The Morgan fingerprint density at radius 3 is 2.92 bits per heavy atom. The fourth-order valence-electron chi connectivity index (χ4n) is 2.99. The van der Waals surface area contributed by atoms with Crippen LogP contribution in [-0.4, -0.2) is 34.0 Å². The third-order valence-corrected chi connectivity index (χ3v) is 4.28. The SMILES string of the molecule is CCCc1noc([C@@H]2CCCN(C(=O)c3ccc(C#N)cc3)C2)n1. The number of piperidine rings is 1. The van der Waals surface area contributed by atoms with E-state index in [1.807, 2.05) is 4.90 Å². The van der Waals surface area contributed by atoms with Crippen LogP contribution < -0.4 is 0 Å². The summed E-state index contributed by atoms with van der Waals surface area (Å²) in [6.45, 7) is 3.40. The fraction of sp³-hybridized carbons (Fsp3) is 0.444. The molecule has 1 aliphatic rings. The molecule has 0 radical (unpaired) electrons. The summed E-state index contributed by atoms with van der Waals surface area (Å²) >= 11 is 0. The maximum absolute atomic E-state index is 12.7. The van der Waals surface area contributed by atoms with Gasteiger partial charge in [0.25, 0.3) is 5.91 Å². The standard InChI is InChI=1S/C18H20N4O2/c1-2-4-16-20-17(24-21-16)15-5-3-10-22(12-15)18(23)14-8-6-13(11-19)7-9-14/h6-9,15H,2-5,10,12H2,1H3/t15-/m1/s1. The van der Waals surface area contributed by atoms with E-state index < -0.39 is 0 Å². The number of hydrogen-bond donors (Lipinski definition) is 0. The van der Waals surface area contributed by atoms with E-state index in [0.717, 1.165) is 38.1 Å². The molecule has 0 bridgehead atoms.